The van der Waals surface area contributed by atoms with E-state index in [9.17, 15) is 14.4 Å². The van der Waals surface area contributed by atoms with E-state index in [1.54, 1.807) is 31.4 Å². The molecule has 0 aliphatic heterocycles. The second-order valence-electron chi connectivity index (χ2n) is 5.69. The van der Waals surface area contributed by atoms with Gasteiger partial charge in [0.25, 0.3) is 11.8 Å². The number of methoxy groups -OCH3 is 2. The Morgan fingerprint density at radius 1 is 1.04 bits per heavy atom. The summed E-state index contributed by atoms with van der Waals surface area (Å²) in [6, 6.07) is 6.66. The van der Waals surface area contributed by atoms with Crippen LogP contribution in [0, 0.1) is 0 Å². The molecule has 1 heterocycles. The van der Waals surface area contributed by atoms with Gasteiger partial charge in [0.2, 0.25) is 0 Å². The van der Waals surface area contributed by atoms with Gasteiger partial charge in [0.1, 0.15) is 10.8 Å². The van der Waals surface area contributed by atoms with Crippen molar-refractivity contribution in [3.8, 4) is 5.75 Å². The summed E-state index contributed by atoms with van der Waals surface area (Å²) in [5.74, 6) is -0.254. The number of fused-ring (bicyclic) bond motifs is 1. The van der Waals surface area contributed by atoms with Gasteiger partial charge in [-0.05, 0) is 49.1 Å². The molecule has 0 spiro atoms. The summed E-state index contributed by atoms with van der Waals surface area (Å²) in [4.78, 5) is 37.5. The third kappa shape index (κ3) is 3.55. The molecule has 0 unspecified atom stereocenters. The lowest BCUT2D eigenvalue weighted by atomic mass is 10.1. The molecular weight excluding hydrogens is 356 g/mol. The molecule has 0 bridgehead atoms. The lowest BCUT2D eigenvalue weighted by Gasteiger charge is -2.09. The lowest BCUT2D eigenvalue weighted by Crippen LogP contribution is -2.31. The molecule has 136 valence electrons. The normalized spacial score (nSPS) is 12.2. The number of anilines is 1. The van der Waals surface area contributed by atoms with Crippen LogP contribution >= 0.6 is 11.3 Å². The second kappa shape index (κ2) is 7.57. The van der Waals surface area contributed by atoms with E-state index in [4.69, 9.17) is 4.74 Å². The topological polar surface area (TPSA) is 93.7 Å². The Hall–Kier alpha value is -2.87. The number of nitrogens with one attached hydrogen (secondary N) is 2. The summed E-state index contributed by atoms with van der Waals surface area (Å²) in [6.07, 6.45) is 1.72. The van der Waals surface area contributed by atoms with Crippen LogP contribution in [-0.4, -0.2) is 32.1 Å². The van der Waals surface area contributed by atoms with Crippen LogP contribution in [0.1, 0.15) is 37.6 Å². The number of alkyl carbamates (subject to hydrolysis) is 1. The van der Waals surface area contributed by atoms with Gasteiger partial charge in [0, 0.05) is 10.4 Å². The van der Waals surface area contributed by atoms with Crippen LogP contribution in [0.4, 0.5) is 9.80 Å². The van der Waals surface area contributed by atoms with Crippen molar-refractivity contribution in [3.05, 3.63) is 45.8 Å². The third-order valence-corrected chi connectivity index (χ3v) is 5.34. The van der Waals surface area contributed by atoms with Gasteiger partial charge in [-0.15, -0.1) is 11.3 Å². The monoisotopic (exact) mass is 374 g/mol. The Bertz CT molecular complexity index is 857. The standard InChI is InChI=1S/C18H18N2O5S/c1-24-11-8-6-10(7-9-11)15(21)19-17-14(16(22)20-18(23)25-2)12-4-3-5-13(12)26-17/h6-9H,3-5H2,1-2H3,(H,19,21)(H,20,22,23). The summed E-state index contributed by atoms with van der Waals surface area (Å²) in [5.41, 5.74) is 1.68. The number of hydrogen-bond acceptors (Lipinski definition) is 6. The van der Waals surface area contributed by atoms with Gasteiger partial charge in [-0.1, -0.05) is 0 Å². The molecule has 8 heteroatoms. The molecule has 1 aliphatic carbocycles. The number of carbonyl (C=O) groups excluding carboxylic acids is 3. The van der Waals surface area contributed by atoms with Gasteiger partial charge < -0.3 is 14.8 Å². The number of rotatable bonds is 4. The summed E-state index contributed by atoms with van der Waals surface area (Å²) in [6.45, 7) is 0. The van der Waals surface area contributed by atoms with Gasteiger partial charge in [-0.3, -0.25) is 14.9 Å². The average molecular weight is 374 g/mol. The molecule has 2 N–H and O–H groups in total. The van der Waals surface area contributed by atoms with Gasteiger partial charge in [0.15, 0.2) is 0 Å². The average Bonchev–Trinajstić information content (AvgIpc) is 3.22. The van der Waals surface area contributed by atoms with E-state index in [0.717, 1.165) is 29.7 Å². The van der Waals surface area contributed by atoms with Crippen LogP contribution in [0.3, 0.4) is 0 Å². The quantitative estimate of drug-likeness (QED) is 0.858. The van der Waals surface area contributed by atoms with E-state index >= 15 is 0 Å². The maximum atomic E-state index is 12.5. The van der Waals surface area contributed by atoms with Crippen molar-refractivity contribution in [2.45, 2.75) is 19.3 Å². The van der Waals surface area contributed by atoms with Crippen LogP contribution in [-0.2, 0) is 17.6 Å². The summed E-state index contributed by atoms with van der Waals surface area (Å²) < 4.78 is 9.56. The van der Waals surface area contributed by atoms with Crippen LogP contribution in [0.25, 0.3) is 0 Å². The van der Waals surface area contributed by atoms with E-state index in [-0.39, 0.29) is 5.91 Å². The van der Waals surface area contributed by atoms with E-state index in [2.05, 4.69) is 15.4 Å². The van der Waals surface area contributed by atoms with Crippen LogP contribution in [0.5, 0.6) is 5.75 Å². The zero-order valence-corrected chi connectivity index (χ0v) is 15.2. The highest BCUT2D eigenvalue weighted by molar-refractivity contribution is 7.17. The molecule has 3 rings (SSSR count). The van der Waals surface area contributed by atoms with Crippen molar-refractivity contribution in [2.75, 3.05) is 19.5 Å². The first-order valence-electron chi connectivity index (χ1n) is 8.02. The van der Waals surface area contributed by atoms with E-state index in [1.807, 2.05) is 0 Å². The van der Waals surface area contributed by atoms with E-state index in [1.165, 1.54) is 18.4 Å². The van der Waals surface area contributed by atoms with Crippen molar-refractivity contribution in [1.29, 1.82) is 0 Å². The number of carbonyl (C=O) groups is 3. The zero-order chi connectivity index (χ0) is 18.7. The molecule has 0 fully saturated rings. The summed E-state index contributed by atoms with van der Waals surface area (Å²) in [5, 5.41) is 5.40. The zero-order valence-electron chi connectivity index (χ0n) is 14.4. The van der Waals surface area contributed by atoms with Crippen molar-refractivity contribution < 1.29 is 23.9 Å². The first-order valence-corrected chi connectivity index (χ1v) is 8.84. The van der Waals surface area contributed by atoms with Crippen molar-refractivity contribution in [2.24, 2.45) is 0 Å². The first-order chi connectivity index (χ1) is 12.5. The molecule has 26 heavy (non-hydrogen) atoms. The molecule has 0 radical (unpaired) electrons. The molecular formula is C18H18N2O5S. The second-order valence-corrected chi connectivity index (χ2v) is 6.79. The highest BCUT2D eigenvalue weighted by Crippen LogP contribution is 2.39. The number of ether oxygens (including phenoxy) is 2. The summed E-state index contributed by atoms with van der Waals surface area (Å²) >= 11 is 1.37. The van der Waals surface area contributed by atoms with E-state index < -0.39 is 12.0 Å². The SMILES string of the molecule is COC(=O)NC(=O)c1c(NC(=O)c2ccc(OC)cc2)sc2c1CCC2. The largest absolute Gasteiger partial charge is 0.497 e. The molecule has 1 aliphatic rings. The molecule has 0 atom stereocenters. The van der Waals surface area contributed by atoms with Gasteiger partial charge in [-0.2, -0.15) is 0 Å². The molecule has 0 saturated carbocycles. The predicted molar refractivity (Wildman–Crippen MR) is 97.2 cm³/mol. The minimum Gasteiger partial charge on any atom is -0.497 e. The smallest absolute Gasteiger partial charge is 0.413 e. The van der Waals surface area contributed by atoms with E-state index in [0.29, 0.717) is 21.9 Å². The lowest BCUT2D eigenvalue weighted by molar-refractivity contribution is 0.0937. The van der Waals surface area contributed by atoms with Crippen molar-refractivity contribution in [3.63, 3.8) is 0 Å². The third-order valence-electron chi connectivity index (χ3n) is 4.13. The molecule has 2 aromatic rings. The number of benzene rings is 1. The van der Waals surface area contributed by atoms with Gasteiger partial charge >= 0.3 is 6.09 Å². The maximum Gasteiger partial charge on any atom is 0.413 e. The van der Waals surface area contributed by atoms with Crippen LogP contribution in [0.2, 0.25) is 0 Å². The number of imide groups is 1. The predicted octanol–water partition coefficient (Wildman–Crippen LogP) is 2.99. The number of thiophene rings is 1. The highest BCUT2D eigenvalue weighted by atomic mass is 32.1. The fourth-order valence-electron chi connectivity index (χ4n) is 2.86. The van der Waals surface area contributed by atoms with Gasteiger partial charge in [0.05, 0.1) is 19.8 Å². The fourth-order valence-corrected chi connectivity index (χ4v) is 4.14. The Morgan fingerprint density at radius 2 is 1.77 bits per heavy atom. The Morgan fingerprint density at radius 3 is 2.42 bits per heavy atom. The Labute approximate surface area is 154 Å². The van der Waals surface area contributed by atoms with Crippen molar-refractivity contribution in [1.82, 2.24) is 5.32 Å². The minimum atomic E-state index is -0.833. The number of amides is 3. The highest BCUT2D eigenvalue weighted by Gasteiger charge is 2.28. The minimum absolute atomic E-state index is 0.334. The first kappa shape index (κ1) is 17.9. The fraction of sp³-hybridized carbons (Fsp3) is 0.278. The van der Waals surface area contributed by atoms with Crippen LogP contribution in [0.15, 0.2) is 24.3 Å². The molecule has 0 saturated heterocycles. The number of hydrogen-bond donors (Lipinski definition) is 2. The summed E-state index contributed by atoms with van der Waals surface area (Å²) in [7, 11) is 2.74. The van der Waals surface area contributed by atoms with Crippen LogP contribution < -0.4 is 15.4 Å². The van der Waals surface area contributed by atoms with Crippen molar-refractivity contribution >= 4 is 34.2 Å². The Kier molecular flexibility index (Phi) is 5.22. The Balaban J connectivity index is 1.86. The molecule has 1 aromatic carbocycles. The maximum absolute atomic E-state index is 12.5. The van der Waals surface area contributed by atoms with Gasteiger partial charge in [-0.25, -0.2) is 4.79 Å². The molecule has 1 aromatic heterocycles. The molecule has 3 amide bonds. The number of aryl methyl sites for hydroxylation is 1. The molecule has 7 nitrogen and oxygen atoms in total.